The van der Waals surface area contributed by atoms with E-state index in [0.717, 1.165) is 44.9 Å². The average molecular weight is 381 g/mol. The highest BCUT2D eigenvalue weighted by molar-refractivity contribution is 5.94. The molecular formula is C22H36O5. The smallest absolute Gasteiger partial charge is 0.342 e. The number of carbonyl (C=O) groups excluding carboxylic acids is 1. The van der Waals surface area contributed by atoms with Crippen LogP contribution in [0.3, 0.4) is 0 Å². The van der Waals surface area contributed by atoms with Gasteiger partial charge < -0.3 is 18.9 Å². The summed E-state index contributed by atoms with van der Waals surface area (Å²) in [6.45, 7) is 10.4. The van der Waals surface area contributed by atoms with Crippen LogP contribution in [0.15, 0.2) is 12.1 Å². The highest BCUT2D eigenvalue weighted by atomic mass is 16.6. The summed E-state index contributed by atoms with van der Waals surface area (Å²) in [6, 6.07) is 3.50. The third kappa shape index (κ3) is 8.10. The SMILES string of the molecule is CCCCOc1ccc(C(=O)OCCC)c(OCCCC)c1OCCCC. The third-order valence-corrected chi connectivity index (χ3v) is 3.98. The Labute approximate surface area is 164 Å². The Morgan fingerprint density at radius 1 is 0.704 bits per heavy atom. The van der Waals surface area contributed by atoms with E-state index in [1.165, 1.54) is 0 Å². The Kier molecular flexibility index (Phi) is 12.2. The fraction of sp³-hybridized carbons (Fsp3) is 0.682. The lowest BCUT2D eigenvalue weighted by Crippen LogP contribution is -2.12. The third-order valence-electron chi connectivity index (χ3n) is 3.98. The van der Waals surface area contributed by atoms with Crippen LogP contribution in [0.4, 0.5) is 0 Å². The lowest BCUT2D eigenvalue weighted by molar-refractivity contribution is 0.0499. The van der Waals surface area contributed by atoms with Crippen LogP contribution >= 0.6 is 0 Å². The van der Waals surface area contributed by atoms with Crippen LogP contribution in [-0.4, -0.2) is 32.4 Å². The monoisotopic (exact) mass is 380 g/mol. The molecule has 0 saturated heterocycles. The van der Waals surface area contributed by atoms with E-state index >= 15 is 0 Å². The van der Waals surface area contributed by atoms with Crippen molar-refractivity contribution in [3.05, 3.63) is 17.7 Å². The molecule has 0 saturated carbocycles. The van der Waals surface area contributed by atoms with Crippen molar-refractivity contribution in [3.63, 3.8) is 0 Å². The van der Waals surface area contributed by atoms with Crippen molar-refractivity contribution in [3.8, 4) is 17.2 Å². The highest BCUT2D eigenvalue weighted by Crippen LogP contribution is 2.41. The molecule has 154 valence electrons. The maximum atomic E-state index is 12.5. The van der Waals surface area contributed by atoms with Gasteiger partial charge in [-0.3, -0.25) is 0 Å². The Balaban J connectivity index is 3.18. The number of rotatable bonds is 15. The van der Waals surface area contributed by atoms with Crippen molar-refractivity contribution in [1.82, 2.24) is 0 Å². The first-order valence-electron chi connectivity index (χ1n) is 10.4. The Hall–Kier alpha value is -1.91. The molecule has 5 nitrogen and oxygen atoms in total. The second-order valence-corrected chi connectivity index (χ2v) is 6.51. The van der Waals surface area contributed by atoms with Crippen LogP contribution in [0.25, 0.3) is 0 Å². The van der Waals surface area contributed by atoms with E-state index in [-0.39, 0.29) is 5.97 Å². The summed E-state index contributed by atoms with van der Waals surface area (Å²) < 4.78 is 23.2. The number of carbonyl (C=O) groups is 1. The van der Waals surface area contributed by atoms with Gasteiger partial charge in [0.1, 0.15) is 5.56 Å². The summed E-state index contributed by atoms with van der Waals surface area (Å²) in [5.74, 6) is 1.19. The maximum absolute atomic E-state index is 12.5. The number of esters is 1. The molecule has 0 spiro atoms. The van der Waals surface area contributed by atoms with Crippen molar-refractivity contribution in [2.45, 2.75) is 72.6 Å². The number of hydrogen-bond donors (Lipinski definition) is 0. The van der Waals surface area contributed by atoms with Crippen molar-refractivity contribution in [2.75, 3.05) is 26.4 Å². The zero-order chi connectivity index (χ0) is 19.9. The minimum absolute atomic E-state index is 0.383. The fourth-order valence-electron chi connectivity index (χ4n) is 2.34. The predicted octanol–water partition coefficient (Wildman–Crippen LogP) is 5.79. The van der Waals surface area contributed by atoms with E-state index in [1.807, 2.05) is 6.92 Å². The van der Waals surface area contributed by atoms with E-state index < -0.39 is 0 Å². The predicted molar refractivity (Wildman–Crippen MR) is 108 cm³/mol. The topological polar surface area (TPSA) is 54.0 Å². The van der Waals surface area contributed by atoms with E-state index in [9.17, 15) is 4.79 Å². The van der Waals surface area contributed by atoms with Crippen LogP contribution in [0.2, 0.25) is 0 Å². The molecule has 0 aliphatic heterocycles. The minimum Gasteiger partial charge on any atom is -0.490 e. The molecule has 0 fully saturated rings. The number of hydrogen-bond acceptors (Lipinski definition) is 5. The van der Waals surface area contributed by atoms with Crippen molar-refractivity contribution in [1.29, 1.82) is 0 Å². The van der Waals surface area contributed by atoms with Gasteiger partial charge in [0.15, 0.2) is 11.5 Å². The van der Waals surface area contributed by atoms with Crippen LogP contribution in [0, 0.1) is 0 Å². The molecular weight excluding hydrogens is 344 g/mol. The lowest BCUT2D eigenvalue weighted by Gasteiger charge is -2.19. The Bertz CT molecular complexity index is 542. The van der Waals surface area contributed by atoms with Crippen molar-refractivity contribution in [2.24, 2.45) is 0 Å². The van der Waals surface area contributed by atoms with Gasteiger partial charge in [-0.05, 0) is 37.8 Å². The van der Waals surface area contributed by atoms with Gasteiger partial charge in [0.2, 0.25) is 5.75 Å². The van der Waals surface area contributed by atoms with Gasteiger partial charge in [0.25, 0.3) is 0 Å². The van der Waals surface area contributed by atoms with Gasteiger partial charge in [0, 0.05) is 0 Å². The van der Waals surface area contributed by atoms with Gasteiger partial charge >= 0.3 is 5.97 Å². The first-order chi connectivity index (χ1) is 13.2. The molecule has 0 aromatic heterocycles. The molecule has 0 atom stereocenters. The molecule has 0 N–H and O–H groups in total. The number of unbranched alkanes of at least 4 members (excludes halogenated alkanes) is 3. The molecule has 0 heterocycles. The first-order valence-corrected chi connectivity index (χ1v) is 10.4. The average Bonchev–Trinajstić information content (AvgIpc) is 2.68. The molecule has 0 amide bonds. The Morgan fingerprint density at radius 3 is 1.81 bits per heavy atom. The van der Waals surface area contributed by atoms with Gasteiger partial charge in [0.05, 0.1) is 26.4 Å². The normalized spacial score (nSPS) is 10.5. The second-order valence-electron chi connectivity index (χ2n) is 6.51. The summed E-state index contributed by atoms with van der Waals surface area (Å²) in [7, 11) is 0. The maximum Gasteiger partial charge on any atom is 0.342 e. The molecule has 5 heteroatoms. The fourth-order valence-corrected chi connectivity index (χ4v) is 2.34. The molecule has 27 heavy (non-hydrogen) atoms. The number of benzene rings is 1. The van der Waals surface area contributed by atoms with Crippen LogP contribution in [0.5, 0.6) is 17.2 Å². The largest absolute Gasteiger partial charge is 0.490 e. The lowest BCUT2D eigenvalue weighted by atomic mass is 10.1. The van der Waals surface area contributed by atoms with Crippen LogP contribution in [0.1, 0.15) is 83.0 Å². The zero-order valence-electron chi connectivity index (χ0n) is 17.5. The molecule has 0 bridgehead atoms. The standard InChI is InChI=1S/C22H36O5/c1-5-9-15-24-19-13-12-18(22(23)27-14-8-4)20(25-16-10-6-2)21(19)26-17-11-7-3/h12-13H,5-11,14-17H2,1-4H3. The van der Waals surface area contributed by atoms with Crippen molar-refractivity contribution < 1.29 is 23.7 Å². The van der Waals surface area contributed by atoms with E-state index in [0.29, 0.717) is 49.2 Å². The molecule has 0 radical (unpaired) electrons. The van der Waals surface area contributed by atoms with Gasteiger partial charge in [-0.25, -0.2) is 4.79 Å². The molecule has 1 aromatic carbocycles. The first kappa shape index (κ1) is 23.1. The van der Waals surface area contributed by atoms with Gasteiger partial charge in [-0.2, -0.15) is 0 Å². The summed E-state index contributed by atoms with van der Waals surface area (Å²) in [5.41, 5.74) is 0.397. The highest BCUT2D eigenvalue weighted by Gasteiger charge is 2.23. The Morgan fingerprint density at radius 2 is 1.26 bits per heavy atom. The van der Waals surface area contributed by atoms with Crippen LogP contribution in [-0.2, 0) is 4.74 Å². The quantitative estimate of drug-likeness (QED) is 0.285. The van der Waals surface area contributed by atoms with E-state index in [4.69, 9.17) is 18.9 Å². The summed E-state index contributed by atoms with van der Waals surface area (Å²) in [5, 5.41) is 0. The summed E-state index contributed by atoms with van der Waals surface area (Å²) in [6.07, 6.45) is 6.64. The molecule has 0 aliphatic rings. The number of ether oxygens (including phenoxy) is 4. The van der Waals surface area contributed by atoms with Crippen LogP contribution < -0.4 is 14.2 Å². The minimum atomic E-state index is -0.385. The van der Waals surface area contributed by atoms with E-state index in [1.54, 1.807) is 12.1 Å². The molecule has 1 rings (SSSR count). The van der Waals surface area contributed by atoms with Gasteiger partial charge in [-0.15, -0.1) is 0 Å². The zero-order valence-corrected chi connectivity index (χ0v) is 17.5. The summed E-state index contributed by atoms with van der Waals surface area (Å²) in [4.78, 5) is 12.5. The summed E-state index contributed by atoms with van der Waals surface area (Å²) >= 11 is 0. The second kappa shape index (κ2) is 14.2. The van der Waals surface area contributed by atoms with E-state index in [2.05, 4.69) is 20.8 Å². The van der Waals surface area contributed by atoms with Crippen molar-refractivity contribution >= 4 is 5.97 Å². The molecule has 0 aliphatic carbocycles. The molecule has 1 aromatic rings. The van der Waals surface area contributed by atoms with Gasteiger partial charge in [-0.1, -0.05) is 47.0 Å². The molecule has 0 unspecified atom stereocenters.